The monoisotopic (exact) mass is 350 g/mol. The third-order valence-electron chi connectivity index (χ3n) is 2.42. The Morgan fingerprint density at radius 3 is 2.68 bits per heavy atom. The van der Waals surface area contributed by atoms with Gasteiger partial charge in [-0.3, -0.25) is 4.79 Å². The summed E-state index contributed by atoms with van der Waals surface area (Å²) in [5, 5.41) is 8.80. The third kappa shape index (κ3) is 4.88. The highest BCUT2D eigenvalue weighted by Gasteiger charge is 2.25. The zero-order chi connectivity index (χ0) is 14.5. The molecule has 6 nitrogen and oxygen atoms in total. The number of carbonyl (C=O) groups is 1. The molecule has 1 atom stereocenters. The molecule has 0 bridgehead atoms. The van der Waals surface area contributed by atoms with Crippen LogP contribution in [0.3, 0.4) is 0 Å². The maximum absolute atomic E-state index is 12.0. The molecule has 19 heavy (non-hydrogen) atoms. The Kier molecular flexibility index (Phi) is 5.89. The van der Waals surface area contributed by atoms with Gasteiger partial charge in [0.15, 0.2) is 5.03 Å². The minimum atomic E-state index is -3.91. The minimum absolute atomic E-state index is 0.196. The first kappa shape index (κ1) is 16.1. The number of unbranched alkanes of at least 4 members (excludes halogenated alkanes) is 1. The number of pyridine rings is 1. The molecule has 0 amide bonds. The molecule has 0 saturated heterocycles. The lowest BCUT2D eigenvalue weighted by atomic mass is 10.1. The summed E-state index contributed by atoms with van der Waals surface area (Å²) in [7, 11) is -3.91. The van der Waals surface area contributed by atoms with E-state index < -0.39 is 22.0 Å². The number of nitrogens with one attached hydrogen (secondary N) is 1. The van der Waals surface area contributed by atoms with Gasteiger partial charge in [-0.25, -0.2) is 13.4 Å². The van der Waals surface area contributed by atoms with Crippen molar-refractivity contribution in [1.29, 1.82) is 0 Å². The normalized spacial score (nSPS) is 13.2. The van der Waals surface area contributed by atoms with Crippen LogP contribution in [0.15, 0.2) is 27.8 Å². The summed E-state index contributed by atoms with van der Waals surface area (Å²) in [5.74, 6) is -1.19. The molecular formula is C11H15BrN2O4S. The van der Waals surface area contributed by atoms with E-state index in [2.05, 4.69) is 25.6 Å². The highest BCUT2D eigenvalue weighted by Crippen LogP contribution is 2.12. The first-order valence-electron chi connectivity index (χ1n) is 5.73. The molecule has 106 valence electrons. The Morgan fingerprint density at radius 2 is 2.21 bits per heavy atom. The highest BCUT2D eigenvalue weighted by atomic mass is 79.9. The van der Waals surface area contributed by atoms with E-state index in [-0.39, 0.29) is 11.4 Å². The molecule has 0 aliphatic carbocycles. The molecule has 0 fully saturated rings. The second kappa shape index (κ2) is 6.97. The Bertz CT molecular complexity index is 530. The number of hydrogen-bond donors (Lipinski definition) is 2. The zero-order valence-corrected chi connectivity index (χ0v) is 12.7. The van der Waals surface area contributed by atoms with Crippen molar-refractivity contribution < 1.29 is 18.3 Å². The van der Waals surface area contributed by atoms with E-state index in [1.54, 1.807) is 0 Å². The third-order valence-corrected chi connectivity index (χ3v) is 4.27. The van der Waals surface area contributed by atoms with Gasteiger partial charge in [-0.05, 0) is 34.5 Å². The molecule has 0 saturated carbocycles. The van der Waals surface area contributed by atoms with Crippen LogP contribution in [0.2, 0.25) is 0 Å². The maximum atomic E-state index is 12.0. The van der Waals surface area contributed by atoms with E-state index in [0.717, 1.165) is 6.42 Å². The van der Waals surface area contributed by atoms with E-state index in [1.807, 2.05) is 6.92 Å². The first-order valence-corrected chi connectivity index (χ1v) is 8.01. The predicted octanol–water partition coefficient (Wildman–Crippen LogP) is 1.77. The smallest absolute Gasteiger partial charge is 0.321 e. The summed E-state index contributed by atoms with van der Waals surface area (Å²) in [6.45, 7) is 1.91. The van der Waals surface area contributed by atoms with E-state index in [1.165, 1.54) is 18.3 Å². The number of rotatable bonds is 7. The van der Waals surface area contributed by atoms with Gasteiger partial charge >= 0.3 is 5.97 Å². The molecule has 0 radical (unpaired) electrons. The van der Waals surface area contributed by atoms with Gasteiger partial charge in [-0.15, -0.1) is 0 Å². The molecule has 1 rings (SSSR count). The number of nitrogens with zero attached hydrogens (tertiary/aromatic N) is 1. The van der Waals surface area contributed by atoms with Gasteiger partial charge in [0, 0.05) is 10.7 Å². The topological polar surface area (TPSA) is 96.4 Å². The van der Waals surface area contributed by atoms with Gasteiger partial charge in [0.2, 0.25) is 0 Å². The molecule has 0 aliphatic rings. The van der Waals surface area contributed by atoms with Crippen LogP contribution in [-0.4, -0.2) is 30.5 Å². The first-order chi connectivity index (χ1) is 8.86. The highest BCUT2D eigenvalue weighted by molar-refractivity contribution is 9.10. The SMILES string of the molecule is CCCCC(NS(=O)(=O)c1ccc(Br)cn1)C(=O)O. The fourth-order valence-electron chi connectivity index (χ4n) is 1.41. The van der Waals surface area contributed by atoms with E-state index in [0.29, 0.717) is 10.9 Å². The van der Waals surface area contributed by atoms with Crippen LogP contribution in [0, 0.1) is 0 Å². The minimum Gasteiger partial charge on any atom is -0.480 e. The number of halogens is 1. The quantitative estimate of drug-likeness (QED) is 0.780. The van der Waals surface area contributed by atoms with Gasteiger partial charge in [0.05, 0.1) is 0 Å². The lowest BCUT2D eigenvalue weighted by molar-refractivity contribution is -0.139. The van der Waals surface area contributed by atoms with Crippen LogP contribution in [0.1, 0.15) is 26.2 Å². The summed E-state index contributed by atoms with van der Waals surface area (Å²) in [4.78, 5) is 14.8. The molecule has 0 spiro atoms. The Labute approximate surface area is 120 Å². The second-order valence-corrected chi connectivity index (χ2v) is 6.55. The molecule has 0 aliphatic heterocycles. The summed E-state index contributed by atoms with van der Waals surface area (Å²) in [6, 6.07) is 1.71. The largest absolute Gasteiger partial charge is 0.480 e. The van der Waals surface area contributed by atoms with Crippen molar-refractivity contribution in [3.05, 3.63) is 22.8 Å². The van der Waals surface area contributed by atoms with Crippen LogP contribution >= 0.6 is 15.9 Å². The molecule has 8 heteroatoms. The molecular weight excluding hydrogens is 336 g/mol. The molecule has 1 aromatic rings. The second-order valence-electron chi connectivity index (χ2n) is 3.97. The molecule has 1 unspecified atom stereocenters. The van der Waals surface area contributed by atoms with E-state index in [4.69, 9.17) is 5.11 Å². The Hall–Kier alpha value is -0.990. The molecule has 0 aromatic carbocycles. The zero-order valence-electron chi connectivity index (χ0n) is 10.3. The van der Waals surface area contributed by atoms with Crippen LogP contribution in [0.4, 0.5) is 0 Å². The van der Waals surface area contributed by atoms with Crippen LogP contribution < -0.4 is 4.72 Å². The summed E-state index contributed by atoms with van der Waals surface area (Å²) >= 11 is 3.15. The van der Waals surface area contributed by atoms with Crippen molar-refractivity contribution in [3.8, 4) is 0 Å². The predicted molar refractivity (Wildman–Crippen MR) is 73.2 cm³/mol. The number of hydrogen-bond acceptors (Lipinski definition) is 4. The number of carboxylic acid groups (broad SMARTS) is 1. The van der Waals surface area contributed by atoms with Crippen molar-refractivity contribution in [2.24, 2.45) is 0 Å². The van der Waals surface area contributed by atoms with Crippen LogP contribution in [-0.2, 0) is 14.8 Å². The van der Waals surface area contributed by atoms with Crippen LogP contribution in [0.25, 0.3) is 0 Å². The van der Waals surface area contributed by atoms with Crippen molar-refractivity contribution in [3.63, 3.8) is 0 Å². The average Bonchev–Trinajstić information content (AvgIpc) is 2.34. The van der Waals surface area contributed by atoms with Gasteiger partial charge in [-0.1, -0.05) is 19.8 Å². The van der Waals surface area contributed by atoms with Crippen molar-refractivity contribution in [2.75, 3.05) is 0 Å². The Balaban J connectivity index is 2.87. The lowest BCUT2D eigenvalue weighted by Gasteiger charge is -2.13. The maximum Gasteiger partial charge on any atom is 0.321 e. The standard InChI is InChI=1S/C11H15BrN2O4S/c1-2-3-4-9(11(15)16)14-19(17,18)10-6-5-8(12)7-13-10/h5-7,9,14H,2-4H2,1H3,(H,15,16). The molecule has 1 aromatic heterocycles. The number of sulfonamides is 1. The van der Waals surface area contributed by atoms with Gasteiger partial charge in [0.25, 0.3) is 10.0 Å². The Morgan fingerprint density at radius 1 is 1.53 bits per heavy atom. The number of aromatic nitrogens is 1. The van der Waals surface area contributed by atoms with E-state index >= 15 is 0 Å². The molecule has 2 N–H and O–H groups in total. The van der Waals surface area contributed by atoms with E-state index in [9.17, 15) is 13.2 Å². The average molecular weight is 351 g/mol. The summed E-state index contributed by atoms with van der Waals surface area (Å²) in [6.07, 6.45) is 3.02. The number of carboxylic acids is 1. The van der Waals surface area contributed by atoms with Gasteiger partial charge in [0.1, 0.15) is 6.04 Å². The lowest BCUT2D eigenvalue weighted by Crippen LogP contribution is -2.40. The van der Waals surface area contributed by atoms with Gasteiger partial charge < -0.3 is 5.11 Å². The van der Waals surface area contributed by atoms with Crippen molar-refractivity contribution in [2.45, 2.75) is 37.3 Å². The van der Waals surface area contributed by atoms with Gasteiger partial charge in [-0.2, -0.15) is 4.72 Å². The fourth-order valence-corrected chi connectivity index (χ4v) is 2.80. The summed E-state index contributed by atoms with van der Waals surface area (Å²) in [5.41, 5.74) is 0. The van der Waals surface area contributed by atoms with Crippen LogP contribution in [0.5, 0.6) is 0 Å². The summed E-state index contributed by atoms with van der Waals surface area (Å²) < 4.78 is 26.7. The number of aliphatic carboxylic acids is 1. The molecule has 1 heterocycles. The van der Waals surface area contributed by atoms with Crippen molar-refractivity contribution >= 4 is 31.9 Å². The fraction of sp³-hybridized carbons (Fsp3) is 0.455. The van der Waals surface area contributed by atoms with Crippen molar-refractivity contribution in [1.82, 2.24) is 9.71 Å².